The Kier molecular flexibility index (Phi) is 44.7. The molecular weight excluding hydrogens is 832 g/mol. The maximum Gasteiger partial charge on any atom is 0.306 e. The van der Waals surface area contributed by atoms with Crippen LogP contribution in [-0.2, 0) is 27.9 Å². The number of rotatable bonds is 49. The number of hydrogen-bond donors (Lipinski definition) is 1. The number of amides is 1. The lowest BCUT2D eigenvalue weighted by Crippen LogP contribution is -2.47. The summed E-state index contributed by atoms with van der Waals surface area (Å²) in [6, 6.07) is -0.912. The largest absolute Gasteiger partial charge is 0.756 e. The second kappa shape index (κ2) is 46.0. The molecule has 65 heavy (non-hydrogen) atoms. The molecule has 1 N–H and O–H groups in total. The van der Waals surface area contributed by atoms with E-state index in [4.69, 9.17) is 13.8 Å². The first-order valence-corrected chi connectivity index (χ1v) is 28.8. The number of ether oxygens (including phenoxy) is 1. The van der Waals surface area contributed by atoms with Crippen molar-refractivity contribution in [2.24, 2.45) is 0 Å². The molecule has 0 spiro atoms. The van der Waals surface area contributed by atoms with Gasteiger partial charge in [-0.1, -0.05) is 225 Å². The summed E-state index contributed by atoms with van der Waals surface area (Å²) in [6.45, 7) is 6.79. The van der Waals surface area contributed by atoms with Gasteiger partial charge in [-0.15, -0.1) is 0 Å². The number of allylic oxidation sites excluding steroid dienone is 5. The van der Waals surface area contributed by atoms with Crippen LogP contribution >= 0.6 is 7.82 Å². The molecular formula is C55H105N2O7P. The second-order valence-corrected chi connectivity index (χ2v) is 21.1. The highest BCUT2D eigenvalue weighted by Crippen LogP contribution is 2.38. The topological polar surface area (TPSA) is 114 Å². The monoisotopic (exact) mass is 937 g/mol. The zero-order chi connectivity index (χ0) is 48.0. The van der Waals surface area contributed by atoms with E-state index < -0.39 is 26.6 Å². The van der Waals surface area contributed by atoms with E-state index in [1.807, 2.05) is 39.4 Å². The average molecular weight is 937 g/mol. The highest BCUT2D eigenvalue weighted by molar-refractivity contribution is 7.45. The first kappa shape index (κ1) is 63.2. The molecule has 0 rings (SSSR count). The molecule has 1 amide bonds. The first-order valence-electron chi connectivity index (χ1n) is 27.3. The Bertz CT molecular complexity index is 1220. The number of likely N-dealkylation sites (N-methyl/N-ethyl adjacent to an activating group) is 1. The van der Waals surface area contributed by atoms with E-state index in [1.54, 1.807) is 0 Å². The number of unbranched alkanes of at least 4 members (excludes halogenated alkanes) is 29. The third-order valence-corrected chi connectivity index (χ3v) is 13.1. The lowest BCUT2D eigenvalue weighted by Gasteiger charge is -2.30. The fourth-order valence-corrected chi connectivity index (χ4v) is 8.53. The fraction of sp³-hybridized carbons (Fsp3) is 0.855. The van der Waals surface area contributed by atoms with Gasteiger partial charge in [0.2, 0.25) is 5.91 Å². The first-order chi connectivity index (χ1) is 31.4. The summed E-state index contributed by atoms with van der Waals surface area (Å²) < 4.78 is 30.1. The highest BCUT2D eigenvalue weighted by atomic mass is 31.2. The van der Waals surface area contributed by atoms with Gasteiger partial charge in [-0.2, -0.15) is 0 Å². The summed E-state index contributed by atoms with van der Waals surface area (Å²) in [5, 5.41) is 2.97. The Labute approximate surface area is 402 Å². The minimum absolute atomic E-state index is 0.0296. The van der Waals surface area contributed by atoms with Crippen molar-refractivity contribution in [2.45, 2.75) is 264 Å². The van der Waals surface area contributed by atoms with Gasteiger partial charge >= 0.3 is 5.97 Å². The zero-order valence-electron chi connectivity index (χ0n) is 43.4. The van der Waals surface area contributed by atoms with Crippen molar-refractivity contribution in [1.29, 1.82) is 0 Å². The number of esters is 1. The quantitative estimate of drug-likeness (QED) is 0.0212. The van der Waals surface area contributed by atoms with E-state index in [1.165, 1.54) is 161 Å². The molecule has 0 radical (unpaired) electrons. The van der Waals surface area contributed by atoms with Crippen LogP contribution in [0.2, 0.25) is 0 Å². The number of carbonyl (C=O) groups excluding carboxylic acids is 2. The third-order valence-electron chi connectivity index (χ3n) is 12.1. The van der Waals surface area contributed by atoms with Crippen LogP contribution in [0.25, 0.3) is 0 Å². The van der Waals surface area contributed by atoms with E-state index in [2.05, 4.69) is 44.3 Å². The van der Waals surface area contributed by atoms with Crippen LogP contribution in [0.15, 0.2) is 36.5 Å². The summed E-state index contributed by atoms with van der Waals surface area (Å²) in [7, 11) is 1.16. The molecule has 0 aromatic carbocycles. The molecule has 0 bridgehead atoms. The number of nitrogens with zero attached hydrogens (tertiary/aromatic N) is 1. The number of nitrogens with one attached hydrogen (secondary N) is 1. The number of phosphoric acid groups is 1. The number of phosphoric ester groups is 1. The summed E-state index contributed by atoms with van der Waals surface area (Å²) >= 11 is 0. The van der Waals surface area contributed by atoms with E-state index in [-0.39, 0.29) is 31.3 Å². The molecule has 0 aliphatic heterocycles. The summed E-state index contributed by atoms with van der Waals surface area (Å²) in [4.78, 5) is 39.6. The predicted octanol–water partition coefficient (Wildman–Crippen LogP) is 15.4. The van der Waals surface area contributed by atoms with Gasteiger partial charge in [0.05, 0.1) is 33.8 Å². The molecule has 10 heteroatoms. The minimum Gasteiger partial charge on any atom is -0.756 e. The summed E-state index contributed by atoms with van der Waals surface area (Å²) in [5.74, 6) is -0.613. The zero-order valence-corrected chi connectivity index (χ0v) is 44.3. The van der Waals surface area contributed by atoms with E-state index >= 15 is 0 Å². The van der Waals surface area contributed by atoms with Crippen molar-refractivity contribution in [2.75, 3.05) is 40.9 Å². The van der Waals surface area contributed by atoms with Gasteiger partial charge in [0, 0.05) is 12.8 Å². The number of carbonyl (C=O) groups is 2. The van der Waals surface area contributed by atoms with Gasteiger partial charge in [-0.05, 0) is 51.0 Å². The van der Waals surface area contributed by atoms with Gasteiger partial charge in [-0.3, -0.25) is 14.2 Å². The lowest BCUT2D eigenvalue weighted by atomic mass is 10.0. The van der Waals surface area contributed by atoms with Gasteiger partial charge < -0.3 is 28.5 Å². The minimum atomic E-state index is -4.70. The number of quaternary nitrogens is 1. The van der Waals surface area contributed by atoms with Crippen molar-refractivity contribution in [3.05, 3.63) is 36.5 Å². The van der Waals surface area contributed by atoms with Crippen molar-refractivity contribution in [3.63, 3.8) is 0 Å². The van der Waals surface area contributed by atoms with Crippen LogP contribution in [0.4, 0.5) is 0 Å². The Morgan fingerprint density at radius 2 is 0.954 bits per heavy atom. The maximum absolute atomic E-state index is 13.4. The highest BCUT2D eigenvalue weighted by Gasteiger charge is 2.27. The second-order valence-electron chi connectivity index (χ2n) is 19.7. The van der Waals surface area contributed by atoms with Crippen LogP contribution < -0.4 is 10.2 Å². The van der Waals surface area contributed by atoms with Crippen molar-refractivity contribution in [3.8, 4) is 0 Å². The van der Waals surface area contributed by atoms with E-state index in [0.717, 1.165) is 51.4 Å². The molecule has 0 aromatic rings. The molecule has 9 nitrogen and oxygen atoms in total. The fourth-order valence-electron chi connectivity index (χ4n) is 7.81. The Balaban J connectivity index is 5.42. The van der Waals surface area contributed by atoms with Crippen LogP contribution in [0, 0.1) is 0 Å². The number of hydrogen-bond acceptors (Lipinski definition) is 7. The third kappa shape index (κ3) is 47.1. The molecule has 0 aliphatic rings. The lowest BCUT2D eigenvalue weighted by molar-refractivity contribution is -0.870. The molecule has 0 saturated carbocycles. The normalized spacial score (nSPS) is 14.1. The van der Waals surface area contributed by atoms with Crippen LogP contribution in [0.1, 0.15) is 252 Å². The Morgan fingerprint density at radius 1 is 0.538 bits per heavy atom. The molecule has 3 unspecified atom stereocenters. The van der Waals surface area contributed by atoms with Crippen molar-refractivity contribution >= 4 is 19.7 Å². The predicted molar refractivity (Wildman–Crippen MR) is 275 cm³/mol. The summed E-state index contributed by atoms with van der Waals surface area (Å²) in [6.07, 6.45) is 52.7. The smallest absolute Gasteiger partial charge is 0.306 e. The maximum atomic E-state index is 13.4. The Morgan fingerprint density at radius 3 is 1.42 bits per heavy atom. The van der Waals surface area contributed by atoms with Crippen LogP contribution in [-0.4, -0.2) is 69.4 Å². The van der Waals surface area contributed by atoms with Crippen LogP contribution in [0.5, 0.6) is 0 Å². The molecule has 0 aromatic heterocycles. The van der Waals surface area contributed by atoms with Gasteiger partial charge in [0.25, 0.3) is 7.82 Å². The van der Waals surface area contributed by atoms with Gasteiger partial charge in [0.1, 0.15) is 19.3 Å². The summed E-state index contributed by atoms with van der Waals surface area (Å²) in [5.41, 5.74) is 0. The van der Waals surface area contributed by atoms with E-state index in [0.29, 0.717) is 17.4 Å². The SMILES string of the molecule is CCCCCCCC/C=C\C/C=C/CCC(=O)NC(COP(=O)([O-])OCC[N+](C)(C)C)C(/C=C/CCCCCCCCCCC)OC(=O)CCCCCCCCCCCCCCCCC. The molecule has 382 valence electrons. The molecule has 3 atom stereocenters. The molecule has 0 fully saturated rings. The van der Waals surface area contributed by atoms with Crippen molar-refractivity contribution < 1.29 is 37.3 Å². The standard InChI is InChI=1S/C55H105N2O7P/c1-7-10-13-16-19-22-25-27-28-30-33-36-39-42-45-48-55(59)64-53(46-43-40-37-34-31-24-21-18-15-12-9-3)52(51-63-65(60,61)62-50-49-57(4,5)6)56-54(58)47-44-41-38-35-32-29-26-23-20-17-14-11-8-2/h29,32,38,41,43,46,52-53H,7-28,30-31,33-37,39-40,42,44-45,47-51H2,1-6H3,(H-,56,58,60,61)/b32-29-,41-38+,46-43+. The Hall–Kier alpha value is -1.77. The van der Waals surface area contributed by atoms with Crippen molar-refractivity contribution in [1.82, 2.24) is 5.32 Å². The van der Waals surface area contributed by atoms with Gasteiger partial charge in [-0.25, -0.2) is 0 Å². The molecule has 0 heterocycles. The molecule has 0 saturated heterocycles. The molecule has 0 aliphatic carbocycles. The van der Waals surface area contributed by atoms with Gasteiger partial charge in [0.15, 0.2) is 0 Å². The van der Waals surface area contributed by atoms with E-state index in [9.17, 15) is 19.0 Å². The average Bonchev–Trinajstić information content (AvgIpc) is 3.26. The van der Waals surface area contributed by atoms with Crippen LogP contribution in [0.3, 0.4) is 0 Å².